The molecular formula is C42H27NS. The van der Waals surface area contributed by atoms with Gasteiger partial charge in [-0.3, -0.25) is 0 Å². The first-order chi connectivity index (χ1) is 21.8. The third-order valence-corrected chi connectivity index (χ3v) is 9.95. The van der Waals surface area contributed by atoms with Crippen molar-refractivity contribution in [1.82, 2.24) is 4.57 Å². The Hall–Kier alpha value is -5.44. The first-order valence-corrected chi connectivity index (χ1v) is 15.8. The van der Waals surface area contributed by atoms with Crippen molar-refractivity contribution in [3.05, 3.63) is 164 Å². The van der Waals surface area contributed by atoms with Gasteiger partial charge in [0.05, 0.1) is 11.4 Å². The number of hydrogen-bond acceptors (Lipinski definition) is 1. The number of thiophene rings is 1. The van der Waals surface area contributed by atoms with Crippen molar-refractivity contribution in [2.75, 3.05) is 0 Å². The van der Waals surface area contributed by atoms with E-state index in [9.17, 15) is 0 Å². The Balaban J connectivity index is 1.46. The average molecular weight is 578 g/mol. The molecule has 44 heavy (non-hydrogen) atoms. The molecule has 0 aliphatic heterocycles. The minimum absolute atomic E-state index is 1.16. The molecule has 206 valence electrons. The molecule has 0 unspecified atom stereocenters. The third kappa shape index (κ3) is 3.92. The monoisotopic (exact) mass is 577 g/mol. The lowest BCUT2D eigenvalue weighted by molar-refractivity contribution is 1.10. The maximum Gasteiger partial charge on any atom is 0.0619 e. The molecule has 0 saturated carbocycles. The molecule has 2 aromatic heterocycles. The van der Waals surface area contributed by atoms with Crippen LogP contribution < -0.4 is 0 Å². The van der Waals surface area contributed by atoms with Gasteiger partial charge in [0.25, 0.3) is 0 Å². The number of benzene rings is 7. The number of aromatic nitrogens is 1. The molecule has 0 N–H and O–H groups in total. The van der Waals surface area contributed by atoms with Gasteiger partial charge in [0.2, 0.25) is 0 Å². The van der Waals surface area contributed by atoms with E-state index in [4.69, 9.17) is 0 Å². The van der Waals surface area contributed by atoms with Gasteiger partial charge < -0.3 is 4.57 Å². The van der Waals surface area contributed by atoms with E-state index >= 15 is 0 Å². The molecule has 2 heteroatoms. The van der Waals surface area contributed by atoms with Crippen molar-refractivity contribution < 1.29 is 0 Å². The van der Waals surface area contributed by atoms with Crippen molar-refractivity contribution in [1.29, 1.82) is 0 Å². The number of nitrogens with zero attached hydrogens (tertiary/aromatic N) is 1. The maximum atomic E-state index is 2.50. The first-order valence-electron chi connectivity index (χ1n) is 15.0. The van der Waals surface area contributed by atoms with Crippen LogP contribution in [-0.2, 0) is 0 Å². The quantitative estimate of drug-likeness (QED) is 0.183. The summed E-state index contributed by atoms with van der Waals surface area (Å²) in [5, 5.41) is 7.65. The van der Waals surface area contributed by atoms with E-state index in [1.807, 2.05) is 11.3 Å². The fraction of sp³-hybridized carbons (Fsp3) is 0. The van der Waals surface area contributed by atoms with Gasteiger partial charge in [0, 0.05) is 37.0 Å². The summed E-state index contributed by atoms with van der Waals surface area (Å²) in [4.78, 5) is 0. The molecule has 0 aliphatic carbocycles. The smallest absolute Gasteiger partial charge is 0.0619 e. The lowest BCUT2D eigenvalue weighted by atomic mass is 9.93. The highest BCUT2D eigenvalue weighted by Gasteiger charge is 2.23. The zero-order valence-electron chi connectivity index (χ0n) is 23.9. The Morgan fingerprint density at radius 3 is 1.80 bits per heavy atom. The molecule has 0 amide bonds. The average Bonchev–Trinajstić information content (AvgIpc) is 3.68. The number of rotatable bonds is 4. The molecule has 0 bridgehead atoms. The predicted octanol–water partition coefficient (Wildman–Crippen LogP) is 12.2. The summed E-state index contributed by atoms with van der Waals surface area (Å²) >= 11 is 1.86. The SMILES string of the molecule is c1ccc(-c2cc(-c3ccccc3)n(-c3ccc4sc5ccccc5c4c3)c2-c2cc3ccccc3c3ccccc23)cc1. The van der Waals surface area contributed by atoms with E-state index in [-0.39, 0.29) is 0 Å². The van der Waals surface area contributed by atoms with Gasteiger partial charge in [-0.15, -0.1) is 11.3 Å². The fourth-order valence-corrected chi connectivity index (χ4v) is 7.89. The Kier molecular flexibility index (Phi) is 5.75. The molecule has 9 aromatic rings. The van der Waals surface area contributed by atoms with E-state index in [0.717, 1.165) is 5.69 Å². The van der Waals surface area contributed by atoms with Crippen LogP contribution in [0, 0.1) is 0 Å². The van der Waals surface area contributed by atoms with Crippen LogP contribution in [0.2, 0.25) is 0 Å². The summed E-state index contributed by atoms with van der Waals surface area (Å²) < 4.78 is 5.13. The molecule has 9 rings (SSSR count). The van der Waals surface area contributed by atoms with Crippen molar-refractivity contribution in [2.45, 2.75) is 0 Å². The number of hydrogen-bond donors (Lipinski definition) is 0. The van der Waals surface area contributed by atoms with Crippen LogP contribution in [-0.4, -0.2) is 4.57 Å². The Morgan fingerprint density at radius 2 is 1.00 bits per heavy atom. The summed E-state index contributed by atoms with van der Waals surface area (Å²) in [7, 11) is 0. The summed E-state index contributed by atoms with van der Waals surface area (Å²) in [6, 6.07) is 59.8. The van der Waals surface area contributed by atoms with E-state index in [1.165, 1.54) is 75.4 Å². The number of fused-ring (bicyclic) bond motifs is 6. The lowest BCUT2D eigenvalue weighted by Crippen LogP contribution is -2.01. The highest BCUT2D eigenvalue weighted by molar-refractivity contribution is 7.25. The molecule has 0 atom stereocenters. The van der Waals surface area contributed by atoms with Crippen molar-refractivity contribution in [3.63, 3.8) is 0 Å². The second kappa shape index (κ2) is 10.1. The second-order valence-corrected chi connectivity index (χ2v) is 12.4. The van der Waals surface area contributed by atoms with E-state index in [1.54, 1.807) is 0 Å². The topological polar surface area (TPSA) is 4.93 Å². The zero-order chi connectivity index (χ0) is 29.0. The van der Waals surface area contributed by atoms with E-state index in [0.29, 0.717) is 0 Å². The van der Waals surface area contributed by atoms with Crippen molar-refractivity contribution >= 4 is 53.1 Å². The second-order valence-electron chi connectivity index (χ2n) is 11.3. The van der Waals surface area contributed by atoms with Gasteiger partial charge in [0.1, 0.15) is 0 Å². The zero-order valence-corrected chi connectivity index (χ0v) is 24.8. The minimum atomic E-state index is 1.16. The normalized spacial score (nSPS) is 11.6. The Labute approximate surface area is 259 Å². The van der Waals surface area contributed by atoms with Crippen LogP contribution in [0.25, 0.3) is 81.0 Å². The highest BCUT2D eigenvalue weighted by Crippen LogP contribution is 2.46. The molecule has 0 fully saturated rings. The van der Waals surface area contributed by atoms with Crippen LogP contribution >= 0.6 is 11.3 Å². The van der Waals surface area contributed by atoms with Crippen molar-refractivity contribution in [2.24, 2.45) is 0 Å². The Morgan fingerprint density at radius 1 is 0.386 bits per heavy atom. The molecule has 0 radical (unpaired) electrons. The predicted molar refractivity (Wildman–Crippen MR) is 190 cm³/mol. The van der Waals surface area contributed by atoms with Crippen LogP contribution in [0.1, 0.15) is 0 Å². The molecule has 2 heterocycles. The molecule has 0 spiro atoms. The molecular weight excluding hydrogens is 551 g/mol. The summed E-state index contributed by atoms with van der Waals surface area (Å²) in [5.41, 5.74) is 8.39. The summed E-state index contributed by atoms with van der Waals surface area (Å²) in [6.45, 7) is 0. The van der Waals surface area contributed by atoms with Gasteiger partial charge in [0.15, 0.2) is 0 Å². The van der Waals surface area contributed by atoms with Crippen LogP contribution in [0.5, 0.6) is 0 Å². The van der Waals surface area contributed by atoms with Crippen LogP contribution in [0.4, 0.5) is 0 Å². The van der Waals surface area contributed by atoms with E-state index < -0.39 is 0 Å². The van der Waals surface area contributed by atoms with Gasteiger partial charge >= 0.3 is 0 Å². The van der Waals surface area contributed by atoms with Gasteiger partial charge in [-0.25, -0.2) is 0 Å². The van der Waals surface area contributed by atoms with Crippen LogP contribution in [0.3, 0.4) is 0 Å². The van der Waals surface area contributed by atoms with Gasteiger partial charge in [-0.05, 0) is 69.1 Å². The lowest BCUT2D eigenvalue weighted by Gasteiger charge is -2.18. The maximum absolute atomic E-state index is 2.50. The first kappa shape index (κ1) is 25.1. The van der Waals surface area contributed by atoms with Crippen molar-refractivity contribution in [3.8, 4) is 39.3 Å². The third-order valence-electron chi connectivity index (χ3n) is 8.80. The minimum Gasteiger partial charge on any atom is -0.309 e. The van der Waals surface area contributed by atoms with E-state index in [2.05, 4.69) is 168 Å². The molecule has 0 saturated heterocycles. The summed E-state index contributed by atoms with van der Waals surface area (Å²) in [5.74, 6) is 0. The van der Waals surface area contributed by atoms with Crippen LogP contribution in [0.15, 0.2) is 164 Å². The standard InChI is InChI=1S/C42H27NS/c1-3-13-28(14-4-1)36-27-39(29-15-5-2-6-16-29)43(31-23-24-41-37(26-31)35-21-11-12-22-40(35)44-41)42(36)38-25-30-17-7-8-18-32(30)33-19-9-10-20-34(33)38/h1-27H. The summed E-state index contributed by atoms with van der Waals surface area (Å²) in [6.07, 6.45) is 0. The fourth-order valence-electron chi connectivity index (χ4n) is 6.81. The molecule has 7 aromatic carbocycles. The van der Waals surface area contributed by atoms with Gasteiger partial charge in [-0.2, -0.15) is 0 Å². The largest absolute Gasteiger partial charge is 0.309 e. The molecule has 1 nitrogen and oxygen atoms in total. The Bertz CT molecular complexity index is 2480. The highest BCUT2D eigenvalue weighted by atomic mass is 32.1. The molecule has 0 aliphatic rings. The van der Waals surface area contributed by atoms with Gasteiger partial charge in [-0.1, -0.05) is 127 Å².